The number of fused-ring (bicyclic) bond motifs is 1. The van der Waals surface area contributed by atoms with E-state index in [-0.39, 0.29) is 16.2 Å². The first-order valence-electron chi connectivity index (χ1n) is 9.31. The molecule has 0 atom stereocenters. The van der Waals surface area contributed by atoms with Gasteiger partial charge >= 0.3 is 15.7 Å². The predicted molar refractivity (Wildman–Crippen MR) is 115 cm³/mol. The van der Waals surface area contributed by atoms with E-state index in [0.717, 1.165) is 24.3 Å². The Labute approximate surface area is 182 Å². The number of methoxy groups -OCH3 is 2. The summed E-state index contributed by atoms with van der Waals surface area (Å²) in [6.45, 7) is 0. The van der Waals surface area contributed by atoms with Crippen LogP contribution in [0.15, 0.2) is 80.8 Å². The molecule has 0 bridgehead atoms. The average molecular weight is 456 g/mol. The molecule has 0 aliphatic carbocycles. The summed E-state index contributed by atoms with van der Waals surface area (Å²) in [5, 5.41) is 0.556. The van der Waals surface area contributed by atoms with Crippen molar-refractivity contribution in [1.82, 2.24) is 0 Å². The first kappa shape index (κ1) is 21.4. The zero-order valence-electron chi connectivity index (χ0n) is 17.0. The van der Waals surface area contributed by atoms with Crippen LogP contribution in [0, 0.1) is 5.82 Å². The first-order valence-corrected chi connectivity index (χ1v) is 10.7. The SMILES string of the molecule is COc1ccc(-c2cc3ccc(OS(=O)(=O)c4ccc(F)cc4)cc3oc2=O)cc1OC. The molecule has 0 amide bonds. The molecule has 4 rings (SSSR count). The van der Waals surface area contributed by atoms with E-state index in [2.05, 4.69) is 0 Å². The van der Waals surface area contributed by atoms with Gasteiger partial charge < -0.3 is 18.1 Å². The van der Waals surface area contributed by atoms with Gasteiger partial charge in [0.2, 0.25) is 0 Å². The third-order valence-electron chi connectivity index (χ3n) is 4.71. The maximum Gasteiger partial charge on any atom is 0.344 e. The second-order valence-corrected chi connectivity index (χ2v) is 8.25. The molecule has 0 aliphatic heterocycles. The van der Waals surface area contributed by atoms with Gasteiger partial charge in [0.1, 0.15) is 22.0 Å². The minimum absolute atomic E-state index is 0.0520. The van der Waals surface area contributed by atoms with Crippen LogP contribution in [0.2, 0.25) is 0 Å². The number of benzene rings is 3. The van der Waals surface area contributed by atoms with Gasteiger partial charge in [-0.25, -0.2) is 9.18 Å². The quantitative estimate of drug-likeness (QED) is 0.314. The van der Waals surface area contributed by atoms with Crippen molar-refractivity contribution in [2.24, 2.45) is 0 Å². The van der Waals surface area contributed by atoms with Gasteiger partial charge in [0, 0.05) is 11.5 Å². The van der Waals surface area contributed by atoms with E-state index < -0.39 is 21.6 Å². The fraction of sp³-hybridized carbons (Fsp3) is 0.0870. The lowest BCUT2D eigenvalue weighted by Crippen LogP contribution is -2.10. The molecule has 7 nitrogen and oxygen atoms in total. The molecular weight excluding hydrogens is 439 g/mol. The number of halogens is 1. The Morgan fingerprint density at radius 3 is 2.25 bits per heavy atom. The molecule has 32 heavy (non-hydrogen) atoms. The Bertz CT molecular complexity index is 1460. The van der Waals surface area contributed by atoms with E-state index in [1.54, 1.807) is 30.3 Å². The third-order valence-corrected chi connectivity index (χ3v) is 5.97. The maximum atomic E-state index is 13.1. The lowest BCUT2D eigenvalue weighted by atomic mass is 10.1. The molecule has 4 aromatic rings. The van der Waals surface area contributed by atoms with Crippen molar-refractivity contribution in [2.45, 2.75) is 4.90 Å². The number of hydrogen-bond acceptors (Lipinski definition) is 7. The minimum Gasteiger partial charge on any atom is -0.493 e. The molecule has 9 heteroatoms. The smallest absolute Gasteiger partial charge is 0.344 e. The summed E-state index contributed by atoms with van der Waals surface area (Å²) in [5.41, 5.74) is 0.387. The summed E-state index contributed by atoms with van der Waals surface area (Å²) in [6, 6.07) is 15.2. The predicted octanol–water partition coefficient (Wildman–Crippen LogP) is 4.38. The highest BCUT2D eigenvalue weighted by Crippen LogP contribution is 2.32. The lowest BCUT2D eigenvalue weighted by Gasteiger charge is -2.10. The zero-order chi connectivity index (χ0) is 22.9. The molecule has 0 saturated heterocycles. The summed E-state index contributed by atoms with van der Waals surface area (Å²) >= 11 is 0. The Kier molecular flexibility index (Phi) is 5.58. The first-order chi connectivity index (χ1) is 15.3. The van der Waals surface area contributed by atoms with Gasteiger partial charge in [-0.15, -0.1) is 0 Å². The van der Waals surface area contributed by atoms with Gasteiger partial charge in [0.05, 0.1) is 19.8 Å². The second-order valence-electron chi connectivity index (χ2n) is 6.71. The van der Waals surface area contributed by atoms with Gasteiger partial charge in [0.25, 0.3) is 0 Å². The highest BCUT2D eigenvalue weighted by atomic mass is 32.2. The van der Waals surface area contributed by atoms with Crippen molar-refractivity contribution in [1.29, 1.82) is 0 Å². The van der Waals surface area contributed by atoms with Crippen molar-refractivity contribution in [2.75, 3.05) is 14.2 Å². The maximum absolute atomic E-state index is 13.1. The molecule has 0 N–H and O–H groups in total. The van der Waals surface area contributed by atoms with Crippen LogP contribution in [0.5, 0.6) is 17.2 Å². The summed E-state index contributed by atoms with van der Waals surface area (Å²) in [5.74, 6) is 0.357. The van der Waals surface area contributed by atoms with Gasteiger partial charge in [-0.3, -0.25) is 0 Å². The molecular formula is C23H17FO7S. The fourth-order valence-corrected chi connectivity index (χ4v) is 4.05. The summed E-state index contributed by atoms with van der Waals surface area (Å²) < 4.78 is 58.9. The van der Waals surface area contributed by atoms with Crippen LogP contribution in [0.3, 0.4) is 0 Å². The third kappa shape index (κ3) is 4.15. The summed E-state index contributed by atoms with van der Waals surface area (Å²) in [6.07, 6.45) is 0. The Hall–Kier alpha value is -3.85. The molecule has 1 heterocycles. The van der Waals surface area contributed by atoms with Gasteiger partial charge in [-0.1, -0.05) is 6.07 Å². The van der Waals surface area contributed by atoms with Crippen molar-refractivity contribution in [3.63, 3.8) is 0 Å². The van der Waals surface area contributed by atoms with E-state index in [1.807, 2.05) is 0 Å². The molecule has 0 saturated carbocycles. The van der Waals surface area contributed by atoms with Gasteiger partial charge in [-0.2, -0.15) is 8.42 Å². The van der Waals surface area contributed by atoms with Gasteiger partial charge in [-0.05, 0) is 60.2 Å². The normalized spacial score (nSPS) is 11.3. The van der Waals surface area contributed by atoms with E-state index in [0.29, 0.717) is 28.0 Å². The van der Waals surface area contributed by atoms with Crippen LogP contribution in [-0.2, 0) is 10.1 Å². The van der Waals surface area contributed by atoms with E-state index in [9.17, 15) is 17.6 Å². The van der Waals surface area contributed by atoms with Crippen molar-refractivity contribution in [3.8, 4) is 28.4 Å². The van der Waals surface area contributed by atoms with Gasteiger partial charge in [0.15, 0.2) is 11.5 Å². The lowest BCUT2D eigenvalue weighted by molar-refractivity contribution is 0.355. The molecule has 3 aromatic carbocycles. The standard InChI is InChI=1S/C23H17FO7S/c1-28-20-10-4-14(12-22(20)29-2)19-11-15-3-7-17(13-21(15)30-23(19)25)31-32(26,27)18-8-5-16(24)6-9-18/h3-13H,1-2H3. The highest BCUT2D eigenvalue weighted by molar-refractivity contribution is 7.87. The van der Waals surface area contributed by atoms with Crippen LogP contribution in [0.4, 0.5) is 4.39 Å². The van der Waals surface area contributed by atoms with Crippen molar-refractivity contribution in [3.05, 3.63) is 83.0 Å². The van der Waals surface area contributed by atoms with Crippen LogP contribution < -0.4 is 19.3 Å². The van der Waals surface area contributed by atoms with Crippen molar-refractivity contribution < 1.29 is 30.9 Å². The Morgan fingerprint density at radius 2 is 1.56 bits per heavy atom. The fourth-order valence-electron chi connectivity index (χ4n) is 3.12. The van der Waals surface area contributed by atoms with E-state index >= 15 is 0 Å². The molecule has 0 radical (unpaired) electrons. The number of rotatable bonds is 6. The molecule has 0 spiro atoms. The number of ether oxygens (including phenoxy) is 2. The van der Waals surface area contributed by atoms with E-state index in [4.69, 9.17) is 18.1 Å². The summed E-state index contributed by atoms with van der Waals surface area (Å²) in [4.78, 5) is 12.4. The monoisotopic (exact) mass is 456 g/mol. The highest BCUT2D eigenvalue weighted by Gasteiger charge is 2.18. The topological polar surface area (TPSA) is 92.0 Å². The summed E-state index contributed by atoms with van der Waals surface area (Å²) in [7, 11) is -1.18. The van der Waals surface area contributed by atoms with Crippen LogP contribution in [0.25, 0.3) is 22.1 Å². The zero-order valence-corrected chi connectivity index (χ0v) is 17.8. The van der Waals surface area contributed by atoms with Crippen molar-refractivity contribution >= 4 is 21.1 Å². The molecule has 164 valence electrons. The average Bonchev–Trinajstić information content (AvgIpc) is 2.78. The van der Waals surface area contributed by atoms with E-state index in [1.165, 1.54) is 26.4 Å². The largest absolute Gasteiger partial charge is 0.493 e. The number of hydrogen-bond donors (Lipinski definition) is 0. The molecule has 0 aliphatic rings. The Balaban J connectivity index is 1.70. The molecule has 0 unspecified atom stereocenters. The van der Waals surface area contributed by atoms with Crippen LogP contribution in [0.1, 0.15) is 0 Å². The molecule has 1 aromatic heterocycles. The second kappa shape index (κ2) is 8.35. The van der Waals surface area contributed by atoms with Crippen LogP contribution >= 0.6 is 0 Å². The van der Waals surface area contributed by atoms with Crippen LogP contribution in [-0.4, -0.2) is 22.6 Å². The molecule has 0 fully saturated rings. The minimum atomic E-state index is -4.19. The Morgan fingerprint density at radius 1 is 0.844 bits per heavy atom.